The summed E-state index contributed by atoms with van der Waals surface area (Å²) < 4.78 is 5.73. The van der Waals surface area contributed by atoms with E-state index < -0.39 is 0 Å². The number of hydrogen-bond donors (Lipinski definition) is 2. The number of morpholine rings is 1. The summed E-state index contributed by atoms with van der Waals surface area (Å²) in [4.78, 5) is 7.08. The molecule has 6 heteroatoms. The average Bonchev–Trinajstić information content (AvgIpc) is 2.25. The third-order valence-electron chi connectivity index (χ3n) is 3.03. The first-order valence-corrected chi connectivity index (χ1v) is 7.65. The normalized spacial score (nSPS) is 19.8. The van der Waals surface area contributed by atoms with Crippen LogP contribution < -0.4 is 10.6 Å². The number of nitrogens with zero attached hydrogens (tertiary/aromatic N) is 2. The van der Waals surface area contributed by atoms with E-state index >= 15 is 0 Å². The zero-order valence-corrected chi connectivity index (χ0v) is 16.8. The second kappa shape index (κ2) is 9.15. The molecule has 0 aromatic heterocycles. The maximum atomic E-state index is 5.73. The van der Waals surface area contributed by atoms with Crippen LogP contribution in [-0.4, -0.2) is 61.3 Å². The molecule has 126 valence electrons. The maximum absolute atomic E-state index is 5.73. The van der Waals surface area contributed by atoms with Crippen molar-refractivity contribution in [3.63, 3.8) is 0 Å². The number of rotatable bonds is 4. The molecule has 1 aliphatic rings. The van der Waals surface area contributed by atoms with Gasteiger partial charge in [0.05, 0.1) is 18.8 Å². The van der Waals surface area contributed by atoms with Crippen molar-refractivity contribution in [2.75, 3.05) is 39.3 Å². The summed E-state index contributed by atoms with van der Waals surface area (Å²) >= 11 is 0. The van der Waals surface area contributed by atoms with Crippen LogP contribution in [0.2, 0.25) is 0 Å². The highest BCUT2D eigenvalue weighted by Crippen LogP contribution is 2.15. The van der Waals surface area contributed by atoms with Gasteiger partial charge in [0.25, 0.3) is 0 Å². The predicted molar refractivity (Wildman–Crippen MR) is 101 cm³/mol. The summed E-state index contributed by atoms with van der Waals surface area (Å²) in [6, 6.07) is 0. The van der Waals surface area contributed by atoms with Crippen molar-refractivity contribution < 1.29 is 4.74 Å². The van der Waals surface area contributed by atoms with Crippen LogP contribution in [0, 0.1) is 0 Å². The van der Waals surface area contributed by atoms with Crippen molar-refractivity contribution in [2.24, 2.45) is 4.99 Å². The summed E-state index contributed by atoms with van der Waals surface area (Å²) in [6.07, 6.45) is 0. The van der Waals surface area contributed by atoms with E-state index in [1.165, 1.54) is 0 Å². The highest BCUT2D eigenvalue weighted by Gasteiger charge is 2.26. The average molecular weight is 412 g/mol. The van der Waals surface area contributed by atoms with Gasteiger partial charge in [-0.3, -0.25) is 9.89 Å². The molecule has 0 aromatic carbocycles. The molecule has 0 unspecified atom stereocenters. The van der Waals surface area contributed by atoms with Crippen LogP contribution >= 0.6 is 24.0 Å². The van der Waals surface area contributed by atoms with Gasteiger partial charge in [-0.15, -0.1) is 24.0 Å². The molecule has 0 spiro atoms. The first-order chi connectivity index (χ1) is 9.22. The van der Waals surface area contributed by atoms with Gasteiger partial charge in [0.2, 0.25) is 0 Å². The minimum Gasteiger partial charge on any atom is -0.373 e. The third kappa shape index (κ3) is 9.52. The molecular formula is C15H33IN4O. The first-order valence-electron chi connectivity index (χ1n) is 7.65. The van der Waals surface area contributed by atoms with E-state index in [2.05, 4.69) is 62.1 Å². The Balaban J connectivity index is 0.00000400. The molecular weight excluding hydrogens is 379 g/mol. The summed E-state index contributed by atoms with van der Waals surface area (Å²) in [5, 5.41) is 6.70. The van der Waals surface area contributed by atoms with E-state index in [4.69, 9.17) is 4.74 Å². The van der Waals surface area contributed by atoms with Gasteiger partial charge < -0.3 is 15.4 Å². The molecule has 1 heterocycles. The largest absolute Gasteiger partial charge is 0.373 e. The zero-order chi connectivity index (χ0) is 15.2. The lowest BCUT2D eigenvalue weighted by molar-refractivity contribution is -0.0850. The number of guanidine groups is 1. The van der Waals surface area contributed by atoms with E-state index in [-0.39, 0.29) is 35.1 Å². The van der Waals surface area contributed by atoms with Gasteiger partial charge >= 0.3 is 0 Å². The Labute approximate surface area is 147 Å². The molecule has 1 aliphatic heterocycles. The van der Waals surface area contributed by atoms with Crippen molar-refractivity contribution in [1.29, 1.82) is 0 Å². The van der Waals surface area contributed by atoms with Gasteiger partial charge in [-0.1, -0.05) is 0 Å². The van der Waals surface area contributed by atoms with Crippen LogP contribution in [-0.2, 0) is 4.74 Å². The maximum Gasteiger partial charge on any atom is 0.191 e. The van der Waals surface area contributed by atoms with Gasteiger partial charge in [0, 0.05) is 31.7 Å². The number of nitrogens with one attached hydrogen (secondary N) is 2. The Morgan fingerprint density at radius 1 is 1.33 bits per heavy atom. The van der Waals surface area contributed by atoms with Crippen molar-refractivity contribution in [3.8, 4) is 0 Å². The number of halogens is 1. The number of hydrogen-bond acceptors (Lipinski definition) is 3. The van der Waals surface area contributed by atoms with E-state index in [1.807, 2.05) is 0 Å². The SMILES string of the molecule is CCNC(=NCCN1CCOC(C)(C)C1)NC(C)(C)C.I. The number of aliphatic imine (C=N–C) groups is 1. The lowest BCUT2D eigenvalue weighted by Crippen LogP contribution is -2.49. The fourth-order valence-corrected chi connectivity index (χ4v) is 2.27. The third-order valence-corrected chi connectivity index (χ3v) is 3.03. The second-order valence-electron chi connectivity index (χ2n) is 7.02. The van der Waals surface area contributed by atoms with Crippen LogP contribution in [0.15, 0.2) is 4.99 Å². The predicted octanol–water partition coefficient (Wildman–Crippen LogP) is 2.07. The molecule has 5 nitrogen and oxygen atoms in total. The molecule has 21 heavy (non-hydrogen) atoms. The summed E-state index contributed by atoms with van der Waals surface area (Å²) in [5.74, 6) is 0.896. The van der Waals surface area contributed by atoms with Crippen LogP contribution in [0.25, 0.3) is 0 Å². The van der Waals surface area contributed by atoms with Crippen LogP contribution in [0.3, 0.4) is 0 Å². The summed E-state index contributed by atoms with van der Waals surface area (Å²) in [6.45, 7) is 18.3. The molecule has 0 radical (unpaired) electrons. The smallest absolute Gasteiger partial charge is 0.191 e. The van der Waals surface area contributed by atoms with Gasteiger partial charge in [-0.05, 0) is 41.5 Å². The van der Waals surface area contributed by atoms with Crippen LogP contribution in [0.5, 0.6) is 0 Å². The monoisotopic (exact) mass is 412 g/mol. The van der Waals surface area contributed by atoms with E-state index in [1.54, 1.807) is 0 Å². The molecule has 0 aliphatic carbocycles. The Bertz CT molecular complexity index is 326. The van der Waals surface area contributed by atoms with E-state index in [0.29, 0.717) is 0 Å². The minimum absolute atomic E-state index is 0. The summed E-state index contributed by atoms with van der Waals surface area (Å²) in [5.41, 5.74) is -0.00190. The molecule has 1 rings (SSSR count). The molecule has 0 bridgehead atoms. The fraction of sp³-hybridized carbons (Fsp3) is 0.933. The van der Waals surface area contributed by atoms with E-state index in [0.717, 1.165) is 45.3 Å². The highest BCUT2D eigenvalue weighted by molar-refractivity contribution is 14.0. The molecule has 1 fully saturated rings. The fourth-order valence-electron chi connectivity index (χ4n) is 2.27. The van der Waals surface area contributed by atoms with Crippen molar-refractivity contribution >= 4 is 29.9 Å². The van der Waals surface area contributed by atoms with Gasteiger partial charge in [-0.25, -0.2) is 0 Å². The van der Waals surface area contributed by atoms with Gasteiger partial charge in [-0.2, -0.15) is 0 Å². The quantitative estimate of drug-likeness (QED) is 0.422. The topological polar surface area (TPSA) is 48.9 Å². The Morgan fingerprint density at radius 2 is 2.00 bits per heavy atom. The highest BCUT2D eigenvalue weighted by atomic mass is 127. The first kappa shape index (κ1) is 20.9. The van der Waals surface area contributed by atoms with Crippen LogP contribution in [0.1, 0.15) is 41.5 Å². The van der Waals surface area contributed by atoms with Gasteiger partial charge in [0.15, 0.2) is 5.96 Å². The molecule has 1 saturated heterocycles. The molecule has 2 N–H and O–H groups in total. The zero-order valence-electron chi connectivity index (χ0n) is 14.5. The molecule has 0 saturated carbocycles. The van der Waals surface area contributed by atoms with Crippen LogP contribution in [0.4, 0.5) is 0 Å². The van der Waals surface area contributed by atoms with Crippen molar-refractivity contribution in [3.05, 3.63) is 0 Å². The van der Waals surface area contributed by atoms with Gasteiger partial charge in [0.1, 0.15) is 0 Å². The van der Waals surface area contributed by atoms with Crippen molar-refractivity contribution in [2.45, 2.75) is 52.7 Å². The molecule has 0 atom stereocenters. The Hall–Kier alpha value is -0.0800. The molecule has 0 aromatic rings. The standard InChI is InChI=1S/C15H32N4O.HI/c1-7-16-13(18-14(2,3)4)17-8-9-19-10-11-20-15(5,6)12-19;/h7-12H2,1-6H3,(H2,16,17,18);1H. The number of ether oxygens (including phenoxy) is 1. The Kier molecular flexibility index (Phi) is 9.11. The second-order valence-corrected chi connectivity index (χ2v) is 7.02. The molecule has 0 amide bonds. The lowest BCUT2D eigenvalue weighted by Gasteiger charge is -2.37. The van der Waals surface area contributed by atoms with Crippen molar-refractivity contribution in [1.82, 2.24) is 15.5 Å². The minimum atomic E-state index is -0.0316. The summed E-state index contributed by atoms with van der Waals surface area (Å²) in [7, 11) is 0. The lowest BCUT2D eigenvalue weighted by atomic mass is 10.1. The Morgan fingerprint density at radius 3 is 2.52 bits per heavy atom. The van der Waals surface area contributed by atoms with E-state index in [9.17, 15) is 0 Å².